The van der Waals surface area contributed by atoms with Crippen molar-refractivity contribution in [3.63, 3.8) is 0 Å². The molecule has 0 bridgehead atoms. The van der Waals surface area contributed by atoms with Gasteiger partial charge in [-0.15, -0.1) is 0 Å². The van der Waals surface area contributed by atoms with Gasteiger partial charge >= 0.3 is 5.97 Å². The largest absolute Gasteiger partial charge is 0.481 e. The lowest BCUT2D eigenvalue weighted by molar-refractivity contribution is -0.140. The minimum atomic E-state index is -0.869. The molecule has 2 N–H and O–H groups in total. The van der Waals surface area contributed by atoms with Crippen LogP contribution in [0, 0.1) is 18.2 Å². The average molecular weight is 293 g/mol. The third-order valence-electron chi connectivity index (χ3n) is 4.05. The second-order valence-corrected chi connectivity index (χ2v) is 6.02. The Morgan fingerprint density at radius 1 is 1.24 bits per heavy atom. The highest BCUT2D eigenvalue weighted by Gasteiger charge is 2.37. The van der Waals surface area contributed by atoms with E-state index in [0.717, 1.165) is 31.2 Å². The van der Waals surface area contributed by atoms with Gasteiger partial charge in [-0.25, -0.2) is 4.39 Å². The molecule has 4 nitrogen and oxygen atoms in total. The van der Waals surface area contributed by atoms with E-state index in [2.05, 4.69) is 5.32 Å². The predicted octanol–water partition coefficient (Wildman–Crippen LogP) is 3.50. The minimum Gasteiger partial charge on any atom is -0.481 e. The van der Waals surface area contributed by atoms with Crippen LogP contribution in [0.4, 0.5) is 10.1 Å². The van der Waals surface area contributed by atoms with Gasteiger partial charge in [0.1, 0.15) is 5.82 Å². The van der Waals surface area contributed by atoms with Gasteiger partial charge in [-0.05, 0) is 48.9 Å². The van der Waals surface area contributed by atoms with Crippen LogP contribution >= 0.6 is 0 Å². The summed E-state index contributed by atoms with van der Waals surface area (Å²) in [4.78, 5) is 23.2. The van der Waals surface area contributed by atoms with Crippen molar-refractivity contribution in [1.82, 2.24) is 0 Å². The van der Waals surface area contributed by atoms with Crippen molar-refractivity contribution >= 4 is 17.6 Å². The summed E-state index contributed by atoms with van der Waals surface area (Å²) in [7, 11) is 0. The summed E-state index contributed by atoms with van der Waals surface area (Å²) < 4.78 is 13.3. The zero-order valence-corrected chi connectivity index (χ0v) is 12.1. The normalized spacial score (nSPS) is 16.7. The maximum Gasteiger partial charge on any atom is 0.303 e. The molecule has 5 heteroatoms. The number of aryl methyl sites for hydroxylation is 1. The Hall–Kier alpha value is -1.91. The van der Waals surface area contributed by atoms with Crippen molar-refractivity contribution in [2.45, 2.75) is 45.4 Å². The fourth-order valence-electron chi connectivity index (χ4n) is 3.22. The number of carboxylic acids is 1. The monoisotopic (exact) mass is 293 g/mol. The number of carbonyl (C=O) groups excluding carboxylic acids is 1. The van der Waals surface area contributed by atoms with Crippen molar-refractivity contribution in [2.24, 2.45) is 5.41 Å². The molecular formula is C16H20FNO3. The van der Waals surface area contributed by atoms with Gasteiger partial charge in [0.05, 0.1) is 6.42 Å². The van der Waals surface area contributed by atoms with E-state index < -0.39 is 17.2 Å². The van der Waals surface area contributed by atoms with Gasteiger partial charge in [-0.2, -0.15) is 0 Å². The number of amides is 1. The SMILES string of the molecule is Cc1cc(F)cc(NC(=O)CC2(CC(=O)O)CCCC2)c1. The van der Waals surface area contributed by atoms with E-state index >= 15 is 0 Å². The van der Waals surface area contributed by atoms with Crippen molar-refractivity contribution in [3.05, 3.63) is 29.6 Å². The van der Waals surface area contributed by atoms with Gasteiger partial charge < -0.3 is 10.4 Å². The van der Waals surface area contributed by atoms with Crippen LogP contribution in [0.2, 0.25) is 0 Å². The van der Waals surface area contributed by atoms with Crippen LogP contribution in [0.5, 0.6) is 0 Å². The van der Waals surface area contributed by atoms with Crippen LogP contribution in [-0.4, -0.2) is 17.0 Å². The van der Waals surface area contributed by atoms with E-state index in [9.17, 15) is 14.0 Å². The molecule has 0 aliphatic heterocycles. The highest BCUT2D eigenvalue weighted by atomic mass is 19.1. The molecule has 2 rings (SSSR count). The number of rotatable bonds is 5. The summed E-state index contributed by atoms with van der Waals surface area (Å²) in [6.45, 7) is 1.75. The van der Waals surface area contributed by atoms with Crippen LogP contribution in [0.15, 0.2) is 18.2 Å². The lowest BCUT2D eigenvalue weighted by Crippen LogP contribution is -2.27. The number of halogens is 1. The van der Waals surface area contributed by atoms with Crippen molar-refractivity contribution in [3.8, 4) is 0 Å². The number of carbonyl (C=O) groups is 2. The fourth-order valence-corrected chi connectivity index (χ4v) is 3.22. The van der Waals surface area contributed by atoms with Crippen molar-refractivity contribution in [1.29, 1.82) is 0 Å². The molecular weight excluding hydrogens is 273 g/mol. The van der Waals surface area contributed by atoms with Crippen LogP contribution in [-0.2, 0) is 9.59 Å². The molecule has 21 heavy (non-hydrogen) atoms. The molecule has 1 aliphatic carbocycles. The molecule has 0 saturated heterocycles. The maximum atomic E-state index is 13.3. The average Bonchev–Trinajstić information content (AvgIpc) is 2.74. The van der Waals surface area contributed by atoms with E-state index in [1.54, 1.807) is 13.0 Å². The third kappa shape index (κ3) is 4.28. The second-order valence-electron chi connectivity index (χ2n) is 6.02. The molecule has 1 aliphatic rings. The first-order valence-corrected chi connectivity index (χ1v) is 7.17. The Morgan fingerprint density at radius 3 is 2.48 bits per heavy atom. The van der Waals surface area contributed by atoms with Gasteiger partial charge in [-0.3, -0.25) is 9.59 Å². The summed E-state index contributed by atoms with van der Waals surface area (Å²) >= 11 is 0. The Labute approximate surface area is 123 Å². The first-order chi connectivity index (χ1) is 9.88. The number of nitrogens with one attached hydrogen (secondary N) is 1. The lowest BCUT2D eigenvalue weighted by Gasteiger charge is -2.26. The van der Waals surface area contributed by atoms with E-state index in [4.69, 9.17) is 5.11 Å². The maximum absolute atomic E-state index is 13.3. The summed E-state index contributed by atoms with van der Waals surface area (Å²) in [6, 6.07) is 4.35. The molecule has 1 aromatic carbocycles. The number of hydrogen-bond donors (Lipinski definition) is 2. The molecule has 1 saturated carbocycles. The Balaban J connectivity index is 2.04. The van der Waals surface area contributed by atoms with Crippen LogP contribution < -0.4 is 5.32 Å². The topological polar surface area (TPSA) is 66.4 Å². The molecule has 0 heterocycles. The van der Waals surface area contributed by atoms with E-state index in [0.29, 0.717) is 5.69 Å². The minimum absolute atomic E-state index is 0.0165. The molecule has 0 radical (unpaired) electrons. The highest BCUT2D eigenvalue weighted by Crippen LogP contribution is 2.44. The van der Waals surface area contributed by atoms with E-state index in [-0.39, 0.29) is 18.7 Å². The number of anilines is 1. The summed E-state index contributed by atoms with van der Waals surface area (Å²) in [5, 5.41) is 11.7. The van der Waals surface area contributed by atoms with Crippen molar-refractivity contribution in [2.75, 3.05) is 5.32 Å². The third-order valence-corrected chi connectivity index (χ3v) is 4.05. The molecule has 0 unspecified atom stereocenters. The zero-order chi connectivity index (χ0) is 15.5. The molecule has 0 atom stereocenters. The predicted molar refractivity (Wildman–Crippen MR) is 77.5 cm³/mol. The summed E-state index contributed by atoms with van der Waals surface area (Å²) in [6.07, 6.45) is 3.63. The number of benzene rings is 1. The Morgan fingerprint density at radius 2 is 1.90 bits per heavy atom. The first kappa shape index (κ1) is 15.5. The number of hydrogen-bond acceptors (Lipinski definition) is 2. The Bertz CT molecular complexity index is 530. The number of aliphatic carboxylic acids is 1. The smallest absolute Gasteiger partial charge is 0.303 e. The van der Waals surface area contributed by atoms with Crippen LogP contribution in [0.25, 0.3) is 0 Å². The van der Waals surface area contributed by atoms with Crippen LogP contribution in [0.1, 0.15) is 44.1 Å². The highest BCUT2D eigenvalue weighted by molar-refractivity contribution is 5.91. The van der Waals surface area contributed by atoms with Crippen molar-refractivity contribution < 1.29 is 19.1 Å². The zero-order valence-electron chi connectivity index (χ0n) is 12.1. The Kier molecular flexibility index (Phi) is 4.60. The summed E-state index contributed by atoms with van der Waals surface area (Å²) in [5.41, 5.74) is 0.700. The molecule has 1 amide bonds. The van der Waals surface area contributed by atoms with Crippen LogP contribution in [0.3, 0.4) is 0 Å². The molecule has 1 aromatic rings. The molecule has 1 fully saturated rings. The van der Waals surface area contributed by atoms with E-state index in [1.807, 2.05) is 0 Å². The molecule has 0 spiro atoms. The van der Waals surface area contributed by atoms with Gasteiger partial charge in [0.15, 0.2) is 0 Å². The first-order valence-electron chi connectivity index (χ1n) is 7.17. The van der Waals surface area contributed by atoms with E-state index in [1.165, 1.54) is 12.1 Å². The number of carboxylic acid groups (broad SMARTS) is 1. The molecule has 114 valence electrons. The van der Waals surface area contributed by atoms with Gasteiger partial charge in [-0.1, -0.05) is 12.8 Å². The molecule has 0 aromatic heterocycles. The summed E-state index contributed by atoms with van der Waals surface area (Å²) in [5.74, 6) is -1.51. The lowest BCUT2D eigenvalue weighted by atomic mass is 9.79. The quantitative estimate of drug-likeness (QED) is 0.873. The second kappa shape index (κ2) is 6.24. The van der Waals surface area contributed by atoms with Gasteiger partial charge in [0.2, 0.25) is 5.91 Å². The fraction of sp³-hybridized carbons (Fsp3) is 0.500. The van der Waals surface area contributed by atoms with Gasteiger partial charge in [0.25, 0.3) is 0 Å². The van der Waals surface area contributed by atoms with Gasteiger partial charge in [0, 0.05) is 12.1 Å². The standard InChI is InChI=1S/C16H20FNO3/c1-11-6-12(17)8-13(7-11)18-14(19)9-16(10-15(20)21)4-2-3-5-16/h6-8H,2-5,9-10H2,1H3,(H,18,19)(H,20,21).